The van der Waals surface area contributed by atoms with Crippen LogP contribution in [-0.2, 0) is 6.42 Å². The third-order valence-electron chi connectivity index (χ3n) is 7.34. The molecule has 1 aromatic heterocycles. The number of halogens is 2. The average Bonchev–Trinajstić information content (AvgIpc) is 2.90. The Morgan fingerprint density at radius 3 is 2.51 bits per heavy atom. The van der Waals surface area contributed by atoms with Crippen molar-refractivity contribution < 1.29 is 18.3 Å². The van der Waals surface area contributed by atoms with Crippen LogP contribution in [0.2, 0.25) is 0 Å². The first-order valence-electron chi connectivity index (χ1n) is 12.9. The largest absolute Gasteiger partial charge is 0.486 e. The lowest BCUT2D eigenvalue weighted by atomic mass is 9.89. The second kappa shape index (κ2) is 10.5. The van der Waals surface area contributed by atoms with Crippen molar-refractivity contribution in [1.29, 1.82) is 0 Å². The van der Waals surface area contributed by atoms with E-state index in [1.807, 2.05) is 43.0 Å². The van der Waals surface area contributed by atoms with E-state index < -0.39 is 11.6 Å². The monoisotopic (exact) mass is 506 g/mol. The highest BCUT2D eigenvalue weighted by molar-refractivity contribution is 5.97. The molecular weight excluding hydrogens is 474 g/mol. The zero-order valence-corrected chi connectivity index (χ0v) is 21.5. The summed E-state index contributed by atoms with van der Waals surface area (Å²) in [6.45, 7) is 7.16. The first kappa shape index (κ1) is 25.3. The van der Waals surface area contributed by atoms with Crippen LogP contribution in [0.25, 0.3) is 11.3 Å². The summed E-state index contributed by atoms with van der Waals surface area (Å²) in [5, 5.41) is 0. The average molecular weight is 507 g/mol. The van der Waals surface area contributed by atoms with Crippen molar-refractivity contribution in [2.45, 2.75) is 45.1 Å². The number of ether oxygens (including phenoxy) is 1. The number of carbonyl (C=O) groups excluding carboxylic acids is 1. The van der Waals surface area contributed by atoms with E-state index in [0.29, 0.717) is 30.3 Å². The lowest BCUT2D eigenvalue weighted by molar-refractivity contribution is 0.0990. The van der Waals surface area contributed by atoms with Crippen molar-refractivity contribution in [3.63, 3.8) is 0 Å². The minimum absolute atomic E-state index is 0.0357. The lowest BCUT2D eigenvalue weighted by Gasteiger charge is -2.34. The number of likely N-dealkylation sites (tertiary alicyclic amines) is 1. The van der Waals surface area contributed by atoms with Crippen LogP contribution in [0.5, 0.6) is 5.75 Å². The summed E-state index contributed by atoms with van der Waals surface area (Å²) in [5.41, 5.74) is 2.63. The molecule has 0 spiro atoms. The number of piperidine rings is 1. The topological polar surface area (TPSA) is 58.6 Å². The zero-order valence-electron chi connectivity index (χ0n) is 21.5. The Morgan fingerprint density at radius 1 is 1.08 bits per heavy atom. The van der Waals surface area contributed by atoms with Gasteiger partial charge >= 0.3 is 0 Å². The molecule has 2 aliphatic rings. The second-order valence-electron chi connectivity index (χ2n) is 10.2. The molecule has 0 amide bonds. The first-order chi connectivity index (χ1) is 17.8. The Hall–Kier alpha value is -3.39. The molecule has 0 atom stereocenters. The van der Waals surface area contributed by atoms with Crippen LogP contribution in [-0.4, -0.2) is 60.0 Å². The molecular formula is C29H32F2N4O2. The maximum absolute atomic E-state index is 14.9. The van der Waals surface area contributed by atoms with E-state index in [2.05, 4.69) is 21.9 Å². The fourth-order valence-corrected chi connectivity index (χ4v) is 5.19. The number of anilines is 1. The van der Waals surface area contributed by atoms with E-state index in [1.165, 1.54) is 11.6 Å². The van der Waals surface area contributed by atoms with E-state index >= 15 is 0 Å². The van der Waals surface area contributed by atoms with Crippen LogP contribution in [0.3, 0.4) is 0 Å². The quantitative estimate of drug-likeness (QED) is 0.425. The van der Waals surface area contributed by atoms with Crippen molar-refractivity contribution in [3.05, 3.63) is 71.2 Å². The van der Waals surface area contributed by atoms with Gasteiger partial charge in [-0.3, -0.25) is 4.79 Å². The van der Waals surface area contributed by atoms with Crippen molar-refractivity contribution >= 4 is 11.5 Å². The second-order valence-corrected chi connectivity index (χ2v) is 10.2. The number of rotatable bonds is 6. The number of fused-ring (bicyclic) bond motifs is 1. The van der Waals surface area contributed by atoms with E-state index in [4.69, 9.17) is 4.74 Å². The molecule has 0 aliphatic carbocycles. The van der Waals surface area contributed by atoms with Gasteiger partial charge in [-0.25, -0.2) is 18.7 Å². The normalized spacial score (nSPS) is 16.5. The summed E-state index contributed by atoms with van der Waals surface area (Å²) >= 11 is 0. The SMILES string of the molecule is CC(C)N1CCOc2c(F)cc(-c3nc(CC(=O)c4ccc(C5CCN(C)CC5)cc4)ncc3F)cc21. The Labute approximate surface area is 216 Å². The number of carbonyl (C=O) groups is 1. The van der Waals surface area contributed by atoms with Crippen LogP contribution in [0.15, 0.2) is 42.6 Å². The predicted molar refractivity (Wildman–Crippen MR) is 139 cm³/mol. The molecule has 0 saturated carbocycles. The van der Waals surface area contributed by atoms with Gasteiger partial charge in [0.2, 0.25) is 0 Å². The molecule has 0 unspecified atom stereocenters. The van der Waals surface area contributed by atoms with Gasteiger partial charge in [-0.1, -0.05) is 24.3 Å². The van der Waals surface area contributed by atoms with Gasteiger partial charge in [0.25, 0.3) is 0 Å². The number of hydrogen-bond donors (Lipinski definition) is 0. The standard InChI is InChI=1S/C29H32F2N4O2/c1-18(2)35-12-13-37-29-23(30)14-22(15-25(29)35)28-24(31)17-32-27(33-28)16-26(36)21-6-4-19(5-7-21)20-8-10-34(3)11-9-20/h4-7,14-15,17-18,20H,8-13,16H2,1-3H3. The van der Waals surface area contributed by atoms with Crippen LogP contribution >= 0.6 is 0 Å². The van der Waals surface area contributed by atoms with Gasteiger partial charge in [-0.15, -0.1) is 0 Å². The van der Waals surface area contributed by atoms with E-state index in [1.54, 1.807) is 6.07 Å². The Kier molecular flexibility index (Phi) is 7.20. The molecule has 37 heavy (non-hydrogen) atoms. The Morgan fingerprint density at radius 2 is 1.81 bits per heavy atom. The van der Waals surface area contributed by atoms with Gasteiger partial charge < -0.3 is 14.5 Å². The van der Waals surface area contributed by atoms with E-state index in [0.717, 1.165) is 32.1 Å². The zero-order chi connectivity index (χ0) is 26.1. The van der Waals surface area contributed by atoms with Gasteiger partial charge in [-0.05, 0) is 70.4 Å². The molecule has 8 heteroatoms. The van der Waals surface area contributed by atoms with Crippen molar-refractivity contribution in [2.24, 2.45) is 0 Å². The number of benzene rings is 2. The lowest BCUT2D eigenvalue weighted by Crippen LogP contribution is -2.38. The molecule has 1 saturated heterocycles. The fourth-order valence-electron chi connectivity index (χ4n) is 5.19. The third-order valence-corrected chi connectivity index (χ3v) is 7.34. The summed E-state index contributed by atoms with van der Waals surface area (Å²) in [4.78, 5) is 25.7. The van der Waals surface area contributed by atoms with Gasteiger partial charge in [-0.2, -0.15) is 0 Å². The fraction of sp³-hybridized carbons (Fsp3) is 0.414. The highest BCUT2D eigenvalue weighted by Crippen LogP contribution is 2.39. The van der Waals surface area contributed by atoms with Crippen LogP contribution in [0, 0.1) is 11.6 Å². The van der Waals surface area contributed by atoms with Crippen LogP contribution in [0.1, 0.15) is 54.4 Å². The molecule has 2 aromatic carbocycles. The molecule has 0 bridgehead atoms. The Balaban J connectivity index is 1.36. The van der Waals surface area contributed by atoms with E-state index in [-0.39, 0.29) is 41.1 Å². The molecule has 194 valence electrons. The summed E-state index contributed by atoms with van der Waals surface area (Å²) < 4.78 is 35.3. The predicted octanol–water partition coefficient (Wildman–Crippen LogP) is 5.26. The van der Waals surface area contributed by atoms with Crippen molar-refractivity contribution in [1.82, 2.24) is 14.9 Å². The summed E-state index contributed by atoms with van der Waals surface area (Å²) in [7, 11) is 2.14. The maximum atomic E-state index is 14.9. The molecule has 5 rings (SSSR count). The number of hydrogen-bond acceptors (Lipinski definition) is 6. The highest BCUT2D eigenvalue weighted by atomic mass is 19.1. The number of ketones is 1. The van der Waals surface area contributed by atoms with Gasteiger partial charge in [0.1, 0.15) is 18.1 Å². The molecule has 1 fully saturated rings. The van der Waals surface area contributed by atoms with Crippen molar-refractivity contribution in [3.8, 4) is 17.0 Å². The maximum Gasteiger partial charge on any atom is 0.178 e. The van der Waals surface area contributed by atoms with Gasteiger partial charge in [0.15, 0.2) is 23.2 Å². The van der Waals surface area contributed by atoms with E-state index in [9.17, 15) is 13.6 Å². The Bertz CT molecular complexity index is 1290. The molecule has 2 aliphatic heterocycles. The van der Waals surface area contributed by atoms with Crippen LogP contribution < -0.4 is 9.64 Å². The van der Waals surface area contributed by atoms with Gasteiger partial charge in [0.05, 0.1) is 24.8 Å². The number of aromatic nitrogens is 2. The first-order valence-corrected chi connectivity index (χ1v) is 12.9. The minimum Gasteiger partial charge on any atom is -0.486 e. The third kappa shape index (κ3) is 5.34. The summed E-state index contributed by atoms with van der Waals surface area (Å²) in [6, 6.07) is 10.8. The molecule has 6 nitrogen and oxygen atoms in total. The smallest absolute Gasteiger partial charge is 0.178 e. The van der Waals surface area contributed by atoms with Crippen molar-refractivity contribution in [2.75, 3.05) is 38.2 Å². The number of nitrogens with zero attached hydrogens (tertiary/aromatic N) is 4. The van der Waals surface area contributed by atoms with Gasteiger partial charge in [0, 0.05) is 17.2 Å². The van der Waals surface area contributed by atoms with Crippen LogP contribution in [0.4, 0.5) is 14.5 Å². The number of Topliss-reactive ketones (excluding diaryl/α,β-unsaturated/α-hetero) is 1. The summed E-state index contributed by atoms with van der Waals surface area (Å²) in [5.74, 6) is -0.530. The minimum atomic E-state index is -0.675. The molecule has 0 N–H and O–H groups in total. The highest BCUT2D eigenvalue weighted by Gasteiger charge is 2.26. The molecule has 3 heterocycles. The molecule has 3 aromatic rings. The summed E-state index contributed by atoms with van der Waals surface area (Å²) in [6.07, 6.45) is 3.19. The molecule has 0 radical (unpaired) electrons.